The van der Waals surface area contributed by atoms with E-state index in [0.717, 1.165) is 38.5 Å². The van der Waals surface area contributed by atoms with E-state index in [2.05, 4.69) is 15.8 Å². The summed E-state index contributed by atoms with van der Waals surface area (Å²) < 4.78 is 10.9. The highest BCUT2D eigenvalue weighted by molar-refractivity contribution is 6.38. The molecule has 2 saturated carbocycles. The number of primary amides is 1. The van der Waals surface area contributed by atoms with Gasteiger partial charge in [-0.1, -0.05) is 69.6 Å². The summed E-state index contributed by atoms with van der Waals surface area (Å²) in [5, 5.41) is 10.5. The number of carbonyl (C=O) groups is 5. The predicted octanol–water partition coefficient (Wildman–Crippen LogP) is 3.66. The molecule has 4 N–H and O–H groups in total. The molecule has 274 valence electrons. The summed E-state index contributed by atoms with van der Waals surface area (Å²) in [4.78, 5) is 74.3. The second kappa shape index (κ2) is 15.2. The normalized spacial score (nSPS) is 23.4. The zero-order valence-electron chi connectivity index (χ0n) is 29.6. The van der Waals surface area contributed by atoms with Crippen LogP contribution in [0, 0.1) is 17.3 Å². The summed E-state index contributed by atoms with van der Waals surface area (Å²) >= 11 is 6.46. The Morgan fingerprint density at radius 3 is 2.30 bits per heavy atom. The monoisotopic (exact) mass is 715 g/mol. The average molecular weight is 716 g/mol. The van der Waals surface area contributed by atoms with Crippen molar-refractivity contribution in [2.75, 3.05) is 20.8 Å². The van der Waals surface area contributed by atoms with Gasteiger partial charge in [-0.25, -0.2) is 0 Å². The number of amides is 4. The molecule has 1 aromatic rings. The zero-order chi connectivity index (χ0) is 36.4. The highest BCUT2D eigenvalue weighted by atomic mass is 35.5. The molecule has 14 heteroatoms. The number of nitrogens with zero attached hydrogens (tertiary/aromatic N) is 2. The van der Waals surface area contributed by atoms with E-state index in [1.54, 1.807) is 12.1 Å². The minimum atomic E-state index is -1.13. The fourth-order valence-corrected chi connectivity index (χ4v) is 7.65. The lowest BCUT2D eigenvalue weighted by molar-refractivity contribution is -0.145. The quantitative estimate of drug-likeness (QED) is 0.259. The number of nitrogens with two attached hydrogens (primary N) is 1. The van der Waals surface area contributed by atoms with Crippen LogP contribution in [0.2, 0.25) is 5.02 Å². The number of hydrogen-bond donors (Lipinski definition) is 3. The van der Waals surface area contributed by atoms with Crippen molar-refractivity contribution >= 4 is 46.7 Å². The molecule has 0 bridgehead atoms. The van der Waals surface area contributed by atoms with E-state index >= 15 is 0 Å². The topological polar surface area (TPSA) is 179 Å². The standard InChI is InChI=1S/C36H50ClN5O8/c1-35(2,3)31(40-29(43)14-20-9-7-6-8-10-20)34(47)42-19-36(17-25(41-50-36)22-15-23(37)28(49-5)16-27(22)48-4)18-26(42)33(46)39-24(13-21-11-12-21)30(44)32(38)45/h15-16,20-21,24,26,31H,6-14,17-19H2,1-5H3,(H2,38,45)(H,39,46)(H,40,43)/t24-,26-,31+,36+/m0/s1. The van der Waals surface area contributed by atoms with Crippen LogP contribution in [0.15, 0.2) is 17.3 Å². The van der Waals surface area contributed by atoms with Crippen molar-refractivity contribution < 1.29 is 38.3 Å². The van der Waals surface area contributed by atoms with E-state index in [-0.39, 0.29) is 43.6 Å². The van der Waals surface area contributed by atoms with Gasteiger partial charge in [0, 0.05) is 30.9 Å². The van der Waals surface area contributed by atoms with Crippen molar-refractivity contribution in [3.8, 4) is 11.5 Å². The van der Waals surface area contributed by atoms with Crippen molar-refractivity contribution in [1.82, 2.24) is 15.5 Å². The largest absolute Gasteiger partial charge is 0.496 e. The Hall–Kier alpha value is -3.87. The smallest absolute Gasteiger partial charge is 0.287 e. The van der Waals surface area contributed by atoms with Gasteiger partial charge in [0.25, 0.3) is 5.91 Å². The first-order valence-electron chi connectivity index (χ1n) is 17.6. The fourth-order valence-electron chi connectivity index (χ4n) is 7.41. The van der Waals surface area contributed by atoms with Gasteiger partial charge in [-0.05, 0) is 42.6 Å². The maximum Gasteiger partial charge on any atom is 0.287 e. The number of oxime groups is 1. The van der Waals surface area contributed by atoms with Gasteiger partial charge in [-0.2, -0.15) is 0 Å². The maximum absolute atomic E-state index is 14.6. The minimum Gasteiger partial charge on any atom is -0.496 e. The Bertz CT molecular complexity index is 1530. The molecule has 4 atom stereocenters. The fraction of sp³-hybridized carbons (Fsp3) is 0.667. The minimum absolute atomic E-state index is 0.0226. The molecule has 0 aromatic heterocycles. The molecule has 1 aromatic carbocycles. The molecule has 0 radical (unpaired) electrons. The van der Waals surface area contributed by atoms with E-state index in [9.17, 15) is 24.0 Å². The van der Waals surface area contributed by atoms with Crippen LogP contribution in [0.1, 0.15) is 97.0 Å². The van der Waals surface area contributed by atoms with Crippen LogP contribution in [-0.2, 0) is 28.8 Å². The number of methoxy groups -OCH3 is 2. The third kappa shape index (κ3) is 8.52. The third-order valence-electron chi connectivity index (χ3n) is 10.4. The van der Waals surface area contributed by atoms with Gasteiger partial charge in [0.15, 0.2) is 5.60 Å². The van der Waals surface area contributed by atoms with E-state index in [0.29, 0.717) is 34.2 Å². The van der Waals surface area contributed by atoms with Gasteiger partial charge in [0.2, 0.25) is 23.5 Å². The molecule has 4 aliphatic rings. The van der Waals surface area contributed by atoms with Crippen LogP contribution in [-0.4, -0.2) is 84.5 Å². The highest BCUT2D eigenvalue weighted by Gasteiger charge is 2.56. The van der Waals surface area contributed by atoms with Gasteiger partial charge >= 0.3 is 0 Å². The van der Waals surface area contributed by atoms with Crippen LogP contribution in [0.3, 0.4) is 0 Å². The first-order chi connectivity index (χ1) is 23.6. The Morgan fingerprint density at radius 1 is 1.02 bits per heavy atom. The molecule has 2 aliphatic carbocycles. The first-order valence-corrected chi connectivity index (χ1v) is 17.9. The van der Waals surface area contributed by atoms with Gasteiger partial charge in [-0.15, -0.1) is 0 Å². The summed E-state index contributed by atoms with van der Waals surface area (Å²) in [6, 6.07) is 0.141. The van der Waals surface area contributed by atoms with E-state index < -0.39 is 52.6 Å². The van der Waals surface area contributed by atoms with Gasteiger partial charge in [0.1, 0.15) is 23.6 Å². The lowest BCUT2D eigenvalue weighted by Crippen LogP contribution is -2.59. The number of carbonyl (C=O) groups excluding carboxylic acids is 5. The number of ether oxygens (including phenoxy) is 2. The van der Waals surface area contributed by atoms with E-state index in [1.807, 2.05) is 20.8 Å². The molecule has 5 rings (SSSR count). The lowest BCUT2D eigenvalue weighted by atomic mass is 9.84. The van der Waals surface area contributed by atoms with Crippen LogP contribution < -0.4 is 25.8 Å². The second-order valence-corrected chi connectivity index (χ2v) is 15.8. The molecule has 3 fully saturated rings. The first kappa shape index (κ1) is 37.4. The average Bonchev–Trinajstić information content (AvgIpc) is 3.68. The summed E-state index contributed by atoms with van der Waals surface area (Å²) in [5.41, 5.74) is 4.60. The molecular formula is C36H50ClN5O8. The number of hydrogen-bond acceptors (Lipinski definition) is 9. The van der Waals surface area contributed by atoms with Gasteiger partial charge in [0.05, 0.1) is 37.5 Å². The van der Waals surface area contributed by atoms with Crippen molar-refractivity contribution in [2.24, 2.45) is 28.1 Å². The number of likely N-dealkylation sites (tertiary alicyclic amines) is 1. The molecule has 13 nitrogen and oxygen atoms in total. The van der Waals surface area contributed by atoms with Crippen LogP contribution in [0.25, 0.3) is 0 Å². The van der Waals surface area contributed by atoms with E-state index in [4.69, 9.17) is 31.6 Å². The molecule has 1 spiro atoms. The Morgan fingerprint density at radius 2 is 1.70 bits per heavy atom. The molecule has 0 unspecified atom stereocenters. The second-order valence-electron chi connectivity index (χ2n) is 15.4. The lowest BCUT2D eigenvalue weighted by Gasteiger charge is -2.36. The number of Topliss-reactive ketones (excluding diaryl/α,β-unsaturated/α-hetero) is 1. The van der Waals surface area contributed by atoms with Crippen molar-refractivity contribution in [3.63, 3.8) is 0 Å². The number of halogens is 1. The number of ketones is 1. The Kier molecular flexibility index (Phi) is 11.3. The van der Waals surface area contributed by atoms with E-state index in [1.165, 1.54) is 25.5 Å². The van der Waals surface area contributed by atoms with Crippen molar-refractivity contribution in [2.45, 2.75) is 115 Å². The summed E-state index contributed by atoms with van der Waals surface area (Å²) in [7, 11) is 3.01. The predicted molar refractivity (Wildman–Crippen MR) is 186 cm³/mol. The van der Waals surface area contributed by atoms with Crippen molar-refractivity contribution in [3.05, 3.63) is 22.7 Å². The van der Waals surface area contributed by atoms with Crippen molar-refractivity contribution in [1.29, 1.82) is 0 Å². The molecule has 4 amide bonds. The van der Waals surface area contributed by atoms with Gasteiger partial charge < -0.3 is 35.6 Å². The van der Waals surface area contributed by atoms with Crippen LogP contribution in [0.4, 0.5) is 0 Å². The number of rotatable bonds is 13. The SMILES string of the molecule is COc1cc(OC)c(C2=NO[C@]3(C2)C[C@@H](C(=O)N[C@@H](CC2CC2)C(=O)C(N)=O)N(C(=O)[C@@H](NC(=O)CC2CCCCC2)C(C)(C)C)C3)cc1Cl. The number of nitrogens with one attached hydrogen (secondary N) is 2. The van der Waals surface area contributed by atoms with Crippen LogP contribution in [0.5, 0.6) is 11.5 Å². The molecule has 50 heavy (non-hydrogen) atoms. The maximum atomic E-state index is 14.6. The number of benzene rings is 1. The Balaban J connectivity index is 1.42. The van der Waals surface area contributed by atoms with Gasteiger partial charge in [-0.3, -0.25) is 24.0 Å². The molecule has 2 aliphatic heterocycles. The van der Waals surface area contributed by atoms with Crippen LogP contribution >= 0.6 is 11.6 Å². The molecule has 2 heterocycles. The molecular weight excluding hydrogens is 666 g/mol. The summed E-state index contributed by atoms with van der Waals surface area (Å²) in [6.07, 6.45) is 7.93. The highest BCUT2D eigenvalue weighted by Crippen LogP contribution is 2.43. The third-order valence-corrected chi connectivity index (χ3v) is 10.7. The molecule has 1 saturated heterocycles. The Labute approximate surface area is 298 Å². The summed E-state index contributed by atoms with van der Waals surface area (Å²) in [6.45, 7) is 5.57. The zero-order valence-corrected chi connectivity index (χ0v) is 30.4. The summed E-state index contributed by atoms with van der Waals surface area (Å²) in [5.74, 6) is -1.95.